The predicted octanol–water partition coefficient (Wildman–Crippen LogP) is 4.85. The van der Waals surface area contributed by atoms with Crippen LogP contribution >= 0.6 is 9.24 Å². The Balaban J connectivity index is 1.60. The molecule has 8 nitrogen and oxygen atoms in total. The van der Waals surface area contributed by atoms with E-state index in [1.807, 2.05) is 43.9 Å². The number of H-pyrrole nitrogens is 1. The third-order valence-electron chi connectivity index (χ3n) is 6.25. The third kappa shape index (κ3) is 4.60. The lowest BCUT2D eigenvalue weighted by molar-refractivity contribution is 0.102. The van der Waals surface area contributed by atoms with Gasteiger partial charge in [0, 0.05) is 48.4 Å². The van der Waals surface area contributed by atoms with Crippen LogP contribution in [0.4, 0.5) is 15.9 Å². The largest absolute Gasteiger partial charge is 0.351 e. The van der Waals surface area contributed by atoms with E-state index in [1.165, 1.54) is 12.4 Å². The van der Waals surface area contributed by atoms with Crippen LogP contribution in [0.15, 0.2) is 43.0 Å². The van der Waals surface area contributed by atoms with E-state index in [0.29, 0.717) is 35.9 Å². The number of benzene rings is 1. The number of fused-ring (bicyclic) bond motifs is 1. The fourth-order valence-corrected chi connectivity index (χ4v) is 4.69. The van der Waals surface area contributed by atoms with Gasteiger partial charge in [0.15, 0.2) is 5.82 Å². The van der Waals surface area contributed by atoms with Gasteiger partial charge in [-0.3, -0.25) is 9.89 Å². The first-order valence-corrected chi connectivity index (χ1v) is 12.1. The average Bonchev–Trinajstić information content (AvgIpc) is 3.43. The Bertz CT molecular complexity index is 1400. The first-order valence-electron chi connectivity index (χ1n) is 11.5. The Hall–Kier alpha value is -3.45. The zero-order valence-corrected chi connectivity index (χ0v) is 21.0. The molecule has 1 aromatic carbocycles. The summed E-state index contributed by atoms with van der Waals surface area (Å²) in [5.74, 6) is 1.01. The molecule has 1 fully saturated rings. The number of hydrogen-bond acceptors (Lipinski definition) is 6. The first kappa shape index (κ1) is 23.3. The molecule has 0 aliphatic carbocycles. The lowest BCUT2D eigenvalue weighted by atomic mass is 9.97. The van der Waals surface area contributed by atoms with E-state index in [0.717, 1.165) is 27.6 Å². The molecule has 2 N–H and O–H groups in total. The zero-order valence-electron chi connectivity index (χ0n) is 19.8. The zero-order chi connectivity index (χ0) is 24.7. The van der Waals surface area contributed by atoms with Gasteiger partial charge in [0.2, 0.25) is 0 Å². The summed E-state index contributed by atoms with van der Waals surface area (Å²) >= 11 is 0. The monoisotopic (exact) mass is 491 g/mol. The minimum atomic E-state index is -1.40. The summed E-state index contributed by atoms with van der Waals surface area (Å²) in [5.41, 5.74) is 4.53. The second-order valence-electron chi connectivity index (χ2n) is 9.33. The normalized spacial score (nSPS) is 17.9. The maximum absolute atomic E-state index is 14.7. The number of pyridine rings is 1. The Morgan fingerprint density at radius 2 is 1.97 bits per heavy atom. The molecule has 180 valence electrons. The van der Waals surface area contributed by atoms with Crippen molar-refractivity contribution in [3.63, 3.8) is 0 Å². The molecule has 4 heterocycles. The number of aromatic nitrogens is 5. The Kier molecular flexibility index (Phi) is 5.97. The molecule has 0 bridgehead atoms. The van der Waals surface area contributed by atoms with E-state index >= 15 is 0 Å². The number of amides is 1. The van der Waals surface area contributed by atoms with Crippen molar-refractivity contribution < 1.29 is 9.18 Å². The Morgan fingerprint density at radius 3 is 2.66 bits per heavy atom. The number of halogens is 1. The summed E-state index contributed by atoms with van der Waals surface area (Å²) in [4.78, 5) is 28.4. The van der Waals surface area contributed by atoms with Crippen molar-refractivity contribution in [1.29, 1.82) is 0 Å². The molecule has 4 aromatic rings. The lowest BCUT2D eigenvalue weighted by Gasteiger charge is -2.24. The third-order valence-corrected chi connectivity index (χ3v) is 6.72. The number of nitrogens with one attached hydrogen (secondary N) is 2. The van der Waals surface area contributed by atoms with Gasteiger partial charge in [-0.2, -0.15) is 5.10 Å². The highest BCUT2D eigenvalue weighted by Crippen LogP contribution is 2.41. The predicted molar refractivity (Wildman–Crippen MR) is 139 cm³/mol. The topological polar surface area (TPSA) is 99.7 Å². The van der Waals surface area contributed by atoms with Gasteiger partial charge in [-0.15, -0.1) is 0 Å². The van der Waals surface area contributed by atoms with Crippen LogP contribution in [0.25, 0.3) is 22.0 Å². The van der Waals surface area contributed by atoms with E-state index in [9.17, 15) is 9.18 Å². The van der Waals surface area contributed by atoms with Crippen LogP contribution < -0.4 is 10.2 Å². The van der Waals surface area contributed by atoms with Crippen molar-refractivity contribution in [2.75, 3.05) is 23.3 Å². The number of nitrogens with zero attached hydrogens (tertiary/aromatic N) is 5. The van der Waals surface area contributed by atoms with Crippen LogP contribution in [0, 0.1) is 6.92 Å². The van der Waals surface area contributed by atoms with Gasteiger partial charge in [0.1, 0.15) is 11.2 Å². The van der Waals surface area contributed by atoms with Crippen molar-refractivity contribution in [1.82, 2.24) is 25.1 Å². The first-order chi connectivity index (χ1) is 16.7. The van der Waals surface area contributed by atoms with Gasteiger partial charge in [-0.1, -0.05) is 23.1 Å². The van der Waals surface area contributed by atoms with Crippen LogP contribution in [0.3, 0.4) is 0 Å². The number of rotatable bonds is 5. The van der Waals surface area contributed by atoms with Crippen LogP contribution in [-0.4, -0.2) is 49.6 Å². The van der Waals surface area contributed by atoms with Crippen molar-refractivity contribution in [3.05, 3.63) is 59.9 Å². The fraction of sp³-hybridized carbons (Fsp3) is 0.320. The molecule has 1 aliphatic heterocycles. The van der Waals surface area contributed by atoms with Crippen LogP contribution in [-0.2, 0) is 0 Å². The molecular formula is C25H27FN7OP. The summed E-state index contributed by atoms with van der Waals surface area (Å²) < 4.78 is 14.7. The van der Waals surface area contributed by atoms with E-state index in [2.05, 4.69) is 39.7 Å². The van der Waals surface area contributed by atoms with Crippen molar-refractivity contribution >= 4 is 37.6 Å². The van der Waals surface area contributed by atoms with Crippen molar-refractivity contribution in [2.45, 2.75) is 38.5 Å². The minimum absolute atomic E-state index is 0.160. The molecule has 0 radical (unpaired) electrons. The highest BCUT2D eigenvalue weighted by atomic mass is 31.0. The number of aryl methyl sites for hydroxylation is 1. The summed E-state index contributed by atoms with van der Waals surface area (Å²) in [7, 11) is 2.29. The fourth-order valence-electron chi connectivity index (χ4n) is 4.34. The van der Waals surface area contributed by atoms with E-state index in [4.69, 9.17) is 0 Å². The maximum atomic E-state index is 14.7. The van der Waals surface area contributed by atoms with Gasteiger partial charge >= 0.3 is 0 Å². The number of hydrogen-bond donors (Lipinski definition) is 2. The molecule has 10 heteroatoms. The second-order valence-corrected chi connectivity index (χ2v) is 10.4. The molecule has 1 saturated heterocycles. The molecule has 35 heavy (non-hydrogen) atoms. The standard InChI is InChI=1S/C25H27FN7OP/c1-14(2)22-28-10-17(11-29-22)24(34)31-21-18(19-9-16-12-30-32-20(16)8-15(19)3)4-6-27-23(21)33-7-5-25(26,35)13-33/h4,6,8-12,14H,5,7,13,35H2,1-3H3,(H,30,32)(H,31,34). The van der Waals surface area contributed by atoms with Crippen molar-refractivity contribution in [2.24, 2.45) is 0 Å². The van der Waals surface area contributed by atoms with Gasteiger partial charge in [0.05, 0.1) is 29.5 Å². The minimum Gasteiger partial charge on any atom is -0.351 e. The molecule has 1 aliphatic rings. The van der Waals surface area contributed by atoms with Crippen LogP contribution in [0.1, 0.15) is 47.9 Å². The van der Waals surface area contributed by atoms with Gasteiger partial charge in [0.25, 0.3) is 5.91 Å². The van der Waals surface area contributed by atoms with Gasteiger partial charge < -0.3 is 10.2 Å². The maximum Gasteiger partial charge on any atom is 0.258 e. The van der Waals surface area contributed by atoms with Crippen molar-refractivity contribution in [3.8, 4) is 11.1 Å². The SMILES string of the molecule is Cc1cc2[nH]ncc2cc1-c1ccnc(N2CCC(F)(P)C2)c1NC(=O)c1cnc(C(C)C)nc1. The second kappa shape index (κ2) is 8.96. The number of alkyl halides is 1. The number of carbonyl (C=O) groups excluding carboxylic acids is 1. The summed E-state index contributed by atoms with van der Waals surface area (Å²) in [6.07, 6.45) is 6.88. The highest BCUT2D eigenvalue weighted by molar-refractivity contribution is 7.18. The molecule has 5 rings (SSSR count). The summed E-state index contributed by atoms with van der Waals surface area (Å²) in [5, 5.41) is 9.71. The van der Waals surface area contributed by atoms with E-state index in [1.54, 1.807) is 12.4 Å². The molecule has 2 atom stereocenters. The average molecular weight is 492 g/mol. The molecule has 2 unspecified atom stereocenters. The quantitative estimate of drug-likeness (QED) is 0.387. The van der Waals surface area contributed by atoms with E-state index in [-0.39, 0.29) is 18.4 Å². The summed E-state index contributed by atoms with van der Waals surface area (Å²) in [6, 6.07) is 5.92. The highest BCUT2D eigenvalue weighted by Gasteiger charge is 2.36. The number of carbonyl (C=O) groups is 1. The Labute approximate surface area is 205 Å². The smallest absolute Gasteiger partial charge is 0.258 e. The molecule has 1 amide bonds. The van der Waals surface area contributed by atoms with E-state index < -0.39 is 5.41 Å². The van der Waals surface area contributed by atoms with Crippen LogP contribution in [0.2, 0.25) is 0 Å². The van der Waals surface area contributed by atoms with Crippen LogP contribution in [0.5, 0.6) is 0 Å². The Morgan fingerprint density at radius 1 is 1.20 bits per heavy atom. The summed E-state index contributed by atoms with van der Waals surface area (Å²) in [6.45, 7) is 6.66. The van der Waals surface area contributed by atoms with Gasteiger partial charge in [-0.25, -0.2) is 19.3 Å². The lowest BCUT2D eigenvalue weighted by Crippen LogP contribution is -2.26. The number of aromatic amines is 1. The molecule has 3 aromatic heterocycles. The molecule has 0 spiro atoms. The molecule has 0 saturated carbocycles. The van der Waals surface area contributed by atoms with Gasteiger partial charge in [-0.05, 0) is 36.2 Å². The molecular weight excluding hydrogens is 464 g/mol. The number of anilines is 2.